The van der Waals surface area contributed by atoms with E-state index in [1.807, 2.05) is 6.92 Å². The van der Waals surface area contributed by atoms with Gasteiger partial charge in [-0.1, -0.05) is 19.8 Å². The Morgan fingerprint density at radius 3 is 2.41 bits per heavy atom. The molecule has 1 N–H and O–H groups in total. The first-order valence-electron chi connectivity index (χ1n) is 6.51. The van der Waals surface area contributed by atoms with E-state index in [-0.39, 0.29) is 11.2 Å². The van der Waals surface area contributed by atoms with Crippen LogP contribution in [0.3, 0.4) is 0 Å². The van der Waals surface area contributed by atoms with Crippen molar-refractivity contribution in [2.24, 2.45) is 5.41 Å². The molecule has 1 aliphatic rings. The molecule has 0 aromatic carbocycles. The second kappa shape index (κ2) is 6.95. The van der Waals surface area contributed by atoms with Crippen LogP contribution < -0.4 is 5.32 Å². The van der Waals surface area contributed by atoms with Crippen LogP contribution in [0.15, 0.2) is 0 Å². The predicted octanol–water partition coefficient (Wildman–Crippen LogP) is 2.20. The minimum atomic E-state index is -2.85. The van der Waals surface area contributed by atoms with Crippen molar-refractivity contribution in [2.75, 3.05) is 30.5 Å². The molecule has 5 heteroatoms. The SMILES string of the molecule is CCCS(=O)(=O)CCNCC1(CCl)CCCC1. The lowest BCUT2D eigenvalue weighted by Gasteiger charge is -2.26. The minimum Gasteiger partial charge on any atom is -0.315 e. The van der Waals surface area contributed by atoms with E-state index >= 15 is 0 Å². The van der Waals surface area contributed by atoms with E-state index in [1.165, 1.54) is 25.7 Å². The molecule has 1 rings (SSSR count). The van der Waals surface area contributed by atoms with Crippen molar-refractivity contribution in [2.45, 2.75) is 39.0 Å². The molecule has 0 bridgehead atoms. The Balaban J connectivity index is 2.23. The van der Waals surface area contributed by atoms with E-state index in [1.54, 1.807) is 0 Å². The molecule has 0 heterocycles. The molecule has 0 atom stereocenters. The maximum atomic E-state index is 11.5. The first-order chi connectivity index (χ1) is 8.04. The maximum absolute atomic E-state index is 11.5. The molecule has 0 unspecified atom stereocenters. The van der Waals surface area contributed by atoms with Crippen molar-refractivity contribution in [1.82, 2.24) is 5.32 Å². The Kier molecular flexibility index (Phi) is 6.24. The zero-order valence-electron chi connectivity index (χ0n) is 10.7. The van der Waals surface area contributed by atoms with Crippen molar-refractivity contribution < 1.29 is 8.42 Å². The maximum Gasteiger partial charge on any atom is 0.151 e. The van der Waals surface area contributed by atoms with Gasteiger partial charge in [0.25, 0.3) is 0 Å². The fourth-order valence-electron chi connectivity index (χ4n) is 2.48. The van der Waals surface area contributed by atoms with Gasteiger partial charge in [-0.25, -0.2) is 8.42 Å². The third-order valence-electron chi connectivity index (χ3n) is 3.55. The Labute approximate surface area is 110 Å². The highest BCUT2D eigenvalue weighted by molar-refractivity contribution is 7.91. The zero-order chi connectivity index (χ0) is 12.8. The molecule has 3 nitrogen and oxygen atoms in total. The van der Waals surface area contributed by atoms with E-state index in [0.29, 0.717) is 24.6 Å². The summed E-state index contributed by atoms with van der Waals surface area (Å²) in [5, 5.41) is 3.27. The van der Waals surface area contributed by atoms with E-state index in [9.17, 15) is 8.42 Å². The van der Waals surface area contributed by atoms with Gasteiger partial charge in [-0.15, -0.1) is 11.6 Å². The smallest absolute Gasteiger partial charge is 0.151 e. The van der Waals surface area contributed by atoms with Crippen molar-refractivity contribution in [3.63, 3.8) is 0 Å². The molecule has 0 spiro atoms. The molecular weight excluding hydrogens is 258 g/mol. The van der Waals surface area contributed by atoms with Crippen LogP contribution >= 0.6 is 11.6 Å². The van der Waals surface area contributed by atoms with Crippen LogP contribution in [0.1, 0.15) is 39.0 Å². The summed E-state index contributed by atoms with van der Waals surface area (Å²) in [5.41, 5.74) is 0.218. The molecule has 1 fully saturated rings. The number of hydrogen-bond donors (Lipinski definition) is 1. The molecule has 17 heavy (non-hydrogen) atoms. The summed E-state index contributed by atoms with van der Waals surface area (Å²) in [6.45, 7) is 3.31. The molecule has 0 radical (unpaired) electrons. The van der Waals surface area contributed by atoms with E-state index in [4.69, 9.17) is 11.6 Å². The monoisotopic (exact) mass is 281 g/mol. The summed E-state index contributed by atoms with van der Waals surface area (Å²) in [6, 6.07) is 0. The van der Waals surface area contributed by atoms with E-state index in [0.717, 1.165) is 6.54 Å². The van der Waals surface area contributed by atoms with Crippen LogP contribution in [-0.4, -0.2) is 38.9 Å². The van der Waals surface area contributed by atoms with Gasteiger partial charge in [0.1, 0.15) is 0 Å². The Morgan fingerprint density at radius 2 is 1.88 bits per heavy atom. The number of rotatable bonds is 8. The van der Waals surface area contributed by atoms with Gasteiger partial charge in [0.2, 0.25) is 0 Å². The molecule has 1 saturated carbocycles. The Hall–Kier alpha value is 0.200. The summed E-state index contributed by atoms with van der Waals surface area (Å²) in [5.74, 6) is 1.23. The lowest BCUT2D eigenvalue weighted by atomic mass is 9.88. The van der Waals surface area contributed by atoms with Gasteiger partial charge in [-0.3, -0.25) is 0 Å². The summed E-state index contributed by atoms with van der Waals surface area (Å²) in [7, 11) is -2.85. The van der Waals surface area contributed by atoms with Gasteiger partial charge in [0.05, 0.1) is 5.75 Å². The second-order valence-electron chi connectivity index (χ2n) is 5.17. The largest absolute Gasteiger partial charge is 0.315 e. The average molecular weight is 282 g/mol. The molecule has 0 saturated heterocycles. The van der Waals surface area contributed by atoms with Crippen LogP contribution in [0.25, 0.3) is 0 Å². The van der Waals surface area contributed by atoms with E-state index < -0.39 is 9.84 Å². The Morgan fingerprint density at radius 1 is 1.24 bits per heavy atom. The van der Waals surface area contributed by atoms with Gasteiger partial charge in [0.15, 0.2) is 9.84 Å². The summed E-state index contributed by atoms with van der Waals surface area (Å²) in [6.07, 6.45) is 5.55. The fourth-order valence-corrected chi connectivity index (χ4v) is 4.12. The van der Waals surface area contributed by atoms with Crippen LogP contribution in [0.4, 0.5) is 0 Å². The van der Waals surface area contributed by atoms with Gasteiger partial charge in [0, 0.05) is 24.7 Å². The standard InChI is InChI=1S/C12H24ClNO2S/c1-2-8-17(15,16)9-7-14-11-12(10-13)5-3-4-6-12/h14H,2-11H2,1H3. The molecule has 1 aliphatic carbocycles. The summed E-state index contributed by atoms with van der Waals surface area (Å²) >= 11 is 6.02. The van der Waals surface area contributed by atoms with Crippen molar-refractivity contribution in [1.29, 1.82) is 0 Å². The van der Waals surface area contributed by atoms with E-state index in [2.05, 4.69) is 5.32 Å². The first kappa shape index (κ1) is 15.3. The van der Waals surface area contributed by atoms with Gasteiger partial charge in [-0.2, -0.15) is 0 Å². The predicted molar refractivity (Wildman–Crippen MR) is 73.4 cm³/mol. The molecule has 0 aromatic rings. The summed E-state index contributed by atoms with van der Waals surface area (Å²) in [4.78, 5) is 0. The van der Waals surface area contributed by atoms with Crippen LogP contribution in [-0.2, 0) is 9.84 Å². The third kappa shape index (κ3) is 5.14. The highest BCUT2D eigenvalue weighted by atomic mass is 35.5. The molecule has 0 aliphatic heterocycles. The second-order valence-corrected chi connectivity index (χ2v) is 7.74. The molecule has 0 aromatic heterocycles. The lowest BCUT2D eigenvalue weighted by molar-refractivity contribution is 0.324. The number of sulfone groups is 1. The molecular formula is C12H24ClNO2S. The van der Waals surface area contributed by atoms with Gasteiger partial charge < -0.3 is 5.32 Å². The Bertz CT molecular complexity index is 310. The van der Waals surface area contributed by atoms with Crippen LogP contribution in [0.2, 0.25) is 0 Å². The topological polar surface area (TPSA) is 46.2 Å². The average Bonchev–Trinajstić information content (AvgIpc) is 2.74. The number of nitrogens with one attached hydrogen (secondary N) is 1. The minimum absolute atomic E-state index is 0.218. The van der Waals surface area contributed by atoms with Crippen molar-refractivity contribution >= 4 is 21.4 Å². The van der Waals surface area contributed by atoms with Crippen LogP contribution in [0.5, 0.6) is 0 Å². The third-order valence-corrected chi connectivity index (χ3v) is 5.98. The number of halogens is 1. The highest BCUT2D eigenvalue weighted by Gasteiger charge is 2.32. The zero-order valence-corrected chi connectivity index (χ0v) is 12.2. The molecule has 102 valence electrons. The number of alkyl halides is 1. The van der Waals surface area contributed by atoms with Crippen molar-refractivity contribution in [3.8, 4) is 0 Å². The van der Waals surface area contributed by atoms with Gasteiger partial charge in [-0.05, 0) is 24.7 Å². The first-order valence-corrected chi connectivity index (χ1v) is 8.86. The van der Waals surface area contributed by atoms with Gasteiger partial charge >= 0.3 is 0 Å². The quantitative estimate of drug-likeness (QED) is 0.548. The number of hydrogen-bond acceptors (Lipinski definition) is 3. The summed E-state index contributed by atoms with van der Waals surface area (Å²) < 4.78 is 23.0. The van der Waals surface area contributed by atoms with Crippen molar-refractivity contribution in [3.05, 3.63) is 0 Å². The van der Waals surface area contributed by atoms with Crippen LogP contribution in [0, 0.1) is 5.41 Å². The lowest BCUT2D eigenvalue weighted by Crippen LogP contribution is -2.36. The fraction of sp³-hybridized carbons (Fsp3) is 1.00. The molecule has 0 amide bonds. The normalized spacial score (nSPS) is 19.6. The highest BCUT2D eigenvalue weighted by Crippen LogP contribution is 2.38.